The van der Waals surface area contributed by atoms with E-state index in [1.165, 1.54) is 4.88 Å². The Morgan fingerprint density at radius 1 is 1.25 bits per heavy atom. The monoisotopic (exact) mass is 405 g/mol. The summed E-state index contributed by atoms with van der Waals surface area (Å²) in [5.41, 5.74) is 1.02. The second-order valence-electron chi connectivity index (χ2n) is 7.15. The zero-order valence-corrected chi connectivity index (χ0v) is 17.2. The van der Waals surface area contributed by atoms with Crippen LogP contribution in [0.15, 0.2) is 4.79 Å². The molecule has 0 unspecified atom stereocenters. The van der Waals surface area contributed by atoms with Crippen LogP contribution in [0.3, 0.4) is 0 Å². The van der Waals surface area contributed by atoms with Gasteiger partial charge in [-0.3, -0.25) is 14.4 Å². The predicted molar refractivity (Wildman–Crippen MR) is 109 cm³/mol. The van der Waals surface area contributed by atoms with E-state index in [0.717, 1.165) is 48.9 Å². The number of nitrogens with zero attached hydrogens (tertiary/aromatic N) is 1. The largest absolute Gasteiger partial charge is 0.456 e. The molecule has 0 saturated carbocycles. The third-order valence-electron chi connectivity index (χ3n) is 5.15. The molecule has 0 fully saturated rings. The van der Waals surface area contributed by atoms with Crippen molar-refractivity contribution in [3.8, 4) is 0 Å². The molecule has 2 aromatic rings. The number of nitrogens with one attached hydrogen (secondary N) is 2. The van der Waals surface area contributed by atoms with Crippen molar-refractivity contribution in [1.82, 2.24) is 15.3 Å². The lowest BCUT2D eigenvalue weighted by Crippen LogP contribution is -2.36. The Labute approximate surface area is 167 Å². The smallest absolute Gasteiger partial charge is 0.306 e. The molecule has 0 saturated heterocycles. The summed E-state index contributed by atoms with van der Waals surface area (Å²) < 4.78 is 5.03. The minimum absolute atomic E-state index is 0.0673. The van der Waals surface area contributed by atoms with E-state index in [-0.39, 0.29) is 37.0 Å². The molecule has 0 aromatic carbocycles. The number of hydrogen-bond donors (Lipinski definition) is 2. The van der Waals surface area contributed by atoms with Gasteiger partial charge in [-0.2, -0.15) is 0 Å². The van der Waals surface area contributed by atoms with Crippen molar-refractivity contribution in [2.24, 2.45) is 0 Å². The summed E-state index contributed by atoms with van der Waals surface area (Å²) in [7, 11) is 0. The number of aromatic nitrogens is 2. The first kappa shape index (κ1) is 20.5. The van der Waals surface area contributed by atoms with E-state index in [4.69, 9.17) is 4.74 Å². The van der Waals surface area contributed by atoms with Gasteiger partial charge in [-0.05, 0) is 44.1 Å². The van der Waals surface area contributed by atoms with Crippen LogP contribution in [0.4, 0.5) is 0 Å². The Kier molecular flexibility index (Phi) is 6.83. The van der Waals surface area contributed by atoms with Crippen molar-refractivity contribution in [2.75, 3.05) is 6.61 Å². The molecular formula is C20H27N3O4S. The molecule has 8 heteroatoms. The first-order chi connectivity index (χ1) is 13.5. The Morgan fingerprint density at radius 2 is 2.00 bits per heavy atom. The van der Waals surface area contributed by atoms with Crippen LogP contribution in [0.25, 0.3) is 10.2 Å². The molecule has 2 aromatic heterocycles. The van der Waals surface area contributed by atoms with E-state index < -0.39 is 5.97 Å². The molecule has 2 N–H and O–H groups in total. The summed E-state index contributed by atoms with van der Waals surface area (Å²) >= 11 is 1.59. The minimum atomic E-state index is -0.479. The summed E-state index contributed by atoms with van der Waals surface area (Å²) in [4.78, 5) is 45.6. The fourth-order valence-corrected chi connectivity index (χ4v) is 4.81. The van der Waals surface area contributed by atoms with Crippen molar-refractivity contribution in [1.29, 1.82) is 0 Å². The number of fused-ring (bicyclic) bond motifs is 3. The van der Waals surface area contributed by atoms with E-state index in [2.05, 4.69) is 15.3 Å². The van der Waals surface area contributed by atoms with Crippen molar-refractivity contribution in [3.63, 3.8) is 0 Å². The van der Waals surface area contributed by atoms with Crippen LogP contribution in [-0.2, 0) is 33.6 Å². The fourth-order valence-electron chi connectivity index (χ4n) is 3.53. The molecule has 1 aliphatic rings. The van der Waals surface area contributed by atoms with Crippen LogP contribution in [0.5, 0.6) is 0 Å². The number of esters is 1. The first-order valence-corrected chi connectivity index (χ1v) is 10.8. The molecule has 2 heterocycles. The second kappa shape index (κ2) is 9.32. The fraction of sp³-hybridized carbons (Fsp3) is 0.600. The molecule has 0 spiro atoms. The molecule has 3 rings (SSSR count). The van der Waals surface area contributed by atoms with Gasteiger partial charge < -0.3 is 15.0 Å². The average molecular weight is 406 g/mol. The molecule has 0 radical (unpaired) electrons. The zero-order valence-electron chi connectivity index (χ0n) is 16.4. The normalized spacial score (nSPS) is 13.5. The van der Waals surface area contributed by atoms with Crippen LogP contribution in [0, 0.1) is 0 Å². The van der Waals surface area contributed by atoms with E-state index in [0.29, 0.717) is 11.2 Å². The molecule has 0 aliphatic heterocycles. The topological polar surface area (TPSA) is 101 Å². The number of ether oxygens (including phenoxy) is 1. The third kappa shape index (κ3) is 4.79. The molecule has 28 heavy (non-hydrogen) atoms. The number of hydrogen-bond acceptors (Lipinski definition) is 6. The van der Waals surface area contributed by atoms with Gasteiger partial charge in [0.05, 0.1) is 11.8 Å². The summed E-state index contributed by atoms with van der Waals surface area (Å²) in [6, 6.07) is 0.101. The number of aromatic amines is 1. The van der Waals surface area contributed by atoms with Gasteiger partial charge in [-0.25, -0.2) is 4.98 Å². The minimum Gasteiger partial charge on any atom is -0.456 e. The zero-order chi connectivity index (χ0) is 20.1. The maximum atomic E-state index is 12.5. The lowest BCUT2D eigenvalue weighted by Gasteiger charge is -2.14. The Hall–Kier alpha value is -2.22. The Morgan fingerprint density at radius 3 is 2.75 bits per heavy atom. The first-order valence-electron chi connectivity index (χ1n) is 10.00. The highest BCUT2D eigenvalue weighted by Crippen LogP contribution is 2.33. The van der Waals surface area contributed by atoms with Gasteiger partial charge in [0.2, 0.25) is 0 Å². The highest BCUT2D eigenvalue weighted by Gasteiger charge is 2.20. The molecule has 7 nitrogen and oxygen atoms in total. The second-order valence-corrected chi connectivity index (χ2v) is 8.23. The van der Waals surface area contributed by atoms with Gasteiger partial charge >= 0.3 is 5.97 Å². The molecule has 1 amide bonds. The lowest BCUT2D eigenvalue weighted by atomic mass is 9.97. The SMILES string of the molecule is CCC(CC)NC(=O)COC(=O)CCc1nc2sc3c(c2c(=O)[nH]1)CCCC3. The van der Waals surface area contributed by atoms with E-state index in [1.807, 2.05) is 13.8 Å². The highest BCUT2D eigenvalue weighted by molar-refractivity contribution is 7.18. The molecular weight excluding hydrogens is 378 g/mol. The number of aryl methyl sites for hydroxylation is 3. The van der Waals surface area contributed by atoms with Crippen molar-refractivity contribution in [2.45, 2.75) is 71.3 Å². The molecule has 1 aliphatic carbocycles. The maximum absolute atomic E-state index is 12.5. The summed E-state index contributed by atoms with van der Waals surface area (Å²) in [6.07, 6.45) is 6.23. The van der Waals surface area contributed by atoms with Gasteiger partial charge in [0.1, 0.15) is 10.7 Å². The predicted octanol–water partition coefficient (Wildman–Crippen LogP) is 2.64. The number of amides is 1. The van der Waals surface area contributed by atoms with Gasteiger partial charge in [0.25, 0.3) is 11.5 Å². The quantitative estimate of drug-likeness (QED) is 0.658. The Balaban J connectivity index is 1.56. The van der Waals surface area contributed by atoms with Crippen LogP contribution in [0.2, 0.25) is 0 Å². The number of H-pyrrole nitrogens is 1. The maximum Gasteiger partial charge on any atom is 0.306 e. The van der Waals surface area contributed by atoms with E-state index >= 15 is 0 Å². The molecule has 0 atom stereocenters. The highest BCUT2D eigenvalue weighted by atomic mass is 32.1. The molecule has 152 valence electrons. The third-order valence-corrected chi connectivity index (χ3v) is 6.34. The number of rotatable bonds is 8. The summed E-state index contributed by atoms with van der Waals surface area (Å²) in [6.45, 7) is 3.71. The van der Waals surface area contributed by atoms with Gasteiger partial charge in [0, 0.05) is 17.3 Å². The molecule has 0 bridgehead atoms. The lowest BCUT2D eigenvalue weighted by molar-refractivity contribution is -0.148. The van der Waals surface area contributed by atoms with Gasteiger partial charge in [-0.1, -0.05) is 13.8 Å². The van der Waals surface area contributed by atoms with E-state index in [9.17, 15) is 14.4 Å². The van der Waals surface area contributed by atoms with Crippen molar-refractivity contribution < 1.29 is 14.3 Å². The van der Waals surface area contributed by atoms with Crippen LogP contribution < -0.4 is 10.9 Å². The number of carbonyl (C=O) groups is 2. The van der Waals surface area contributed by atoms with Crippen LogP contribution in [-0.4, -0.2) is 34.5 Å². The van der Waals surface area contributed by atoms with Gasteiger partial charge in [0.15, 0.2) is 6.61 Å². The van der Waals surface area contributed by atoms with Gasteiger partial charge in [-0.15, -0.1) is 11.3 Å². The number of thiophene rings is 1. The standard InChI is InChI=1S/C20H27N3O4S/c1-3-12(4-2)21-16(24)11-27-17(25)10-9-15-22-19(26)18-13-7-5-6-8-14(13)28-20(18)23-15/h12H,3-11H2,1-2H3,(H,21,24)(H,22,23,26). The summed E-state index contributed by atoms with van der Waals surface area (Å²) in [5.74, 6) is -0.290. The van der Waals surface area contributed by atoms with Crippen LogP contribution >= 0.6 is 11.3 Å². The van der Waals surface area contributed by atoms with Crippen molar-refractivity contribution in [3.05, 3.63) is 26.6 Å². The number of carbonyl (C=O) groups excluding carboxylic acids is 2. The van der Waals surface area contributed by atoms with E-state index in [1.54, 1.807) is 11.3 Å². The summed E-state index contributed by atoms with van der Waals surface area (Å²) in [5, 5.41) is 3.53. The average Bonchev–Trinajstić information content (AvgIpc) is 3.07. The van der Waals surface area contributed by atoms with Crippen molar-refractivity contribution >= 4 is 33.4 Å². The Bertz CT molecular complexity index is 914. The van der Waals surface area contributed by atoms with Crippen LogP contribution in [0.1, 0.15) is 62.2 Å².